The van der Waals surface area contributed by atoms with Crippen molar-refractivity contribution in [2.75, 3.05) is 18.4 Å². The lowest BCUT2D eigenvalue weighted by Gasteiger charge is -2.32. The number of piperidine rings is 1. The van der Waals surface area contributed by atoms with Crippen molar-refractivity contribution in [1.29, 1.82) is 0 Å². The molecule has 1 fully saturated rings. The van der Waals surface area contributed by atoms with E-state index in [1.165, 1.54) is 0 Å². The van der Waals surface area contributed by atoms with Gasteiger partial charge in [-0.05, 0) is 38.0 Å². The van der Waals surface area contributed by atoms with Crippen LogP contribution in [0.4, 0.5) is 11.6 Å². The van der Waals surface area contributed by atoms with Crippen LogP contribution in [0.25, 0.3) is 4.83 Å². The molecule has 1 aromatic carbocycles. The van der Waals surface area contributed by atoms with Crippen LogP contribution < -0.4 is 5.32 Å². The number of aromatic nitrogens is 4. The molecule has 8 heteroatoms. The van der Waals surface area contributed by atoms with E-state index >= 15 is 0 Å². The summed E-state index contributed by atoms with van der Waals surface area (Å²) in [6.07, 6.45) is 8.24. The van der Waals surface area contributed by atoms with E-state index in [0.717, 1.165) is 48.1 Å². The van der Waals surface area contributed by atoms with Gasteiger partial charge in [-0.1, -0.05) is 18.2 Å². The summed E-state index contributed by atoms with van der Waals surface area (Å²) in [5, 5.41) is 9.80. The Hall–Kier alpha value is -3.13. The average molecular weight is 435 g/mol. The van der Waals surface area contributed by atoms with Crippen LogP contribution in [0.5, 0.6) is 0 Å². The Bertz CT molecular complexity index is 1150. The molecule has 1 aliphatic heterocycles. The molecule has 1 N–H and O–H groups in total. The second kappa shape index (κ2) is 8.55. The van der Waals surface area contributed by atoms with E-state index in [1.807, 2.05) is 59.1 Å². The fourth-order valence-corrected chi connectivity index (χ4v) is 5.20. The van der Waals surface area contributed by atoms with Gasteiger partial charge in [-0.3, -0.25) is 13.9 Å². The van der Waals surface area contributed by atoms with Gasteiger partial charge in [-0.25, -0.2) is 4.98 Å². The lowest BCUT2D eigenvalue weighted by atomic mass is 9.95. The lowest BCUT2D eigenvalue weighted by Crippen LogP contribution is -2.40. The van der Waals surface area contributed by atoms with Crippen molar-refractivity contribution in [3.63, 3.8) is 0 Å². The van der Waals surface area contributed by atoms with Gasteiger partial charge in [0.2, 0.25) is 11.9 Å². The van der Waals surface area contributed by atoms with E-state index in [1.54, 1.807) is 17.5 Å². The zero-order valence-corrected chi connectivity index (χ0v) is 18.3. The number of benzene rings is 1. The highest BCUT2D eigenvalue weighted by atomic mass is 32.1. The van der Waals surface area contributed by atoms with Gasteiger partial charge in [-0.2, -0.15) is 5.10 Å². The largest absolute Gasteiger partial charge is 0.342 e. The molecule has 1 amide bonds. The number of imidazole rings is 1. The van der Waals surface area contributed by atoms with Gasteiger partial charge in [0.05, 0.1) is 11.7 Å². The number of nitrogens with zero attached hydrogens (tertiary/aromatic N) is 5. The van der Waals surface area contributed by atoms with Crippen molar-refractivity contribution in [3.05, 3.63) is 66.1 Å². The minimum Gasteiger partial charge on any atom is -0.342 e. The second-order valence-electron chi connectivity index (χ2n) is 8.11. The molecule has 0 radical (unpaired) electrons. The average Bonchev–Trinajstić information content (AvgIpc) is 3.54. The third-order valence-electron chi connectivity index (χ3n) is 5.92. The molecule has 0 saturated carbocycles. The van der Waals surface area contributed by atoms with Crippen molar-refractivity contribution in [1.82, 2.24) is 24.1 Å². The summed E-state index contributed by atoms with van der Waals surface area (Å²) in [6, 6.07) is 12.0. The smallest absolute Gasteiger partial charge is 0.224 e. The SMILES string of the molecule is CC(CC(=O)N1CCCC(c2nc(Nc3ccccc3)n3ccsc23)C1)n1cccn1. The van der Waals surface area contributed by atoms with Crippen LogP contribution in [0.1, 0.15) is 43.8 Å². The number of amides is 1. The van der Waals surface area contributed by atoms with Gasteiger partial charge in [0.15, 0.2) is 0 Å². The minimum atomic E-state index is 0.0566. The van der Waals surface area contributed by atoms with Gasteiger partial charge < -0.3 is 10.2 Å². The van der Waals surface area contributed by atoms with Gasteiger partial charge in [0.1, 0.15) is 4.83 Å². The maximum Gasteiger partial charge on any atom is 0.224 e. The van der Waals surface area contributed by atoms with Crippen LogP contribution in [-0.2, 0) is 4.79 Å². The molecule has 2 unspecified atom stereocenters. The predicted octanol–water partition coefficient (Wildman–Crippen LogP) is 4.69. The number of fused-ring (bicyclic) bond motifs is 1. The van der Waals surface area contributed by atoms with Gasteiger partial charge >= 0.3 is 0 Å². The molecule has 0 spiro atoms. The molecule has 1 aliphatic rings. The quantitative estimate of drug-likeness (QED) is 0.478. The molecular weight excluding hydrogens is 408 g/mol. The highest BCUT2D eigenvalue weighted by Gasteiger charge is 2.29. The number of carbonyl (C=O) groups is 1. The van der Waals surface area contributed by atoms with E-state index in [2.05, 4.69) is 26.4 Å². The molecule has 4 aromatic rings. The van der Waals surface area contributed by atoms with Crippen molar-refractivity contribution >= 4 is 33.7 Å². The topological polar surface area (TPSA) is 67.5 Å². The summed E-state index contributed by atoms with van der Waals surface area (Å²) in [4.78, 5) is 21.1. The molecule has 0 aliphatic carbocycles. The number of likely N-dealkylation sites (tertiary alicyclic amines) is 1. The van der Waals surface area contributed by atoms with Gasteiger partial charge in [0, 0.05) is 55.1 Å². The summed E-state index contributed by atoms with van der Waals surface area (Å²) in [7, 11) is 0. The minimum absolute atomic E-state index is 0.0566. The van der Waals surface area contributed by atoms with E-state index in [9.17, 15) is 4.79 Å². The fraction of sp³-hybridized carbons (Fsp3) is 0.348. The van der Waals surface area contributed by atoms with E-state index in [0.29, 0.717) is 6.42 Å². The van der Waals surface area contributed by atoms with E-state index in [-0.39, 0.29) is 17.9 Å². The normalized spacial score (nSPS) is 17.7. The molecule has 3 aromatic heterocycles. The first-order chi connectivity index (χ1) is 15.2. The molecule has 2 atom stereocenters. The van der Waals surface area contributed by atoms with Crippen molar-refractivity contribution < 1.29 is 4.79 Å². The Morgan fingerprint density at radius 3 is 2.94 bits per heavy atom. The second-order valence-corrected chi connectivity index (χ2v) is 9.00. The van der Waals surface area contributed by atoms with Crippen molar-refractivity contribution in [2.24, 2.45) is 0 Å². The number of carbonyl (C=O) groups excluding carboxylic acids is 1. The van der Waals surface area contributed by atoms with Crippen molar-refractivity contribution in [3.8, 4) is 0 Å². The zero-order valence-electron chi connectivity index (χ0n) is 17.5. The Labute approximate surface area is 185 Å². The molecule has 1 saturated heterocycles. The van der Waals surface area contributed by atoms with E-state index < -0.39 is 0 Å². The molecule has 31 heavy (non-hydrogen) atoms. The Morgan fingerprint density at radius 2 is 2.13 bits per heavy atom. The Kier molecular flexibility index (Phi) is 5.46. The summed E-state index contributed by atoms with van der Waals surface area (Å²) >= 11 is 1.70. The zero-order chi connectivity index (χ0) is 21.2. The first-order valence-electron chi connectivity index (χ1n) is 10.7. The predicted molar refractivity (Wildman–Crippen MR) is 123 cm³/mol. The van der Waals surface area contributed by atoms with E-state index in [4.69, 9.17) is 4.98 Å². The first kappa shape index (κ1) is 19.8. The van der Waals surface area contributed by atoms with Crippen LogP contribution in [0.2, 0.25) is 0 Å². The standard InChI is InChI=1S/C23H26N6OS/c1-17(29-12-6-10-24-29)15-20(30)27-11-5-7-18(16-27)21-22-28(13-14-31-22)23(26-21)25-19-8-3-2-4-9-19/h2-4,6,8-10,12-14,17-18H,5,7,11,15-16H2,1H3,(H,25,26). The summed E-state index contributed by atoms with van der Waals surface area (Å²) in [5.41, 5.74) is 2.10. The Morgan fingerprint density at radius 1 is 1.26 bits per heavy atom. The molecule has 4 heterocycles. The van der Waals surface area contributed by atoms with Gasteiger partial charge in [-0.15, -0.1) is 11.3 Å². The highest BCUT2D eigenvalue weighted by molar-refractivity contribution is 7.15. The molecular formula is C23H26N6OS. The molecule has 0 bridgehead atoms. The summed E-state index contributed by atoms with van der Waals surface area (Å²) < 4.78 is 3.97. The molecule has 160 valence electrons. The van der Waals surface area contributed by atoms with Crippen molar-refractivity contribution in [2.45, 2.75) is 38.1 Å². The van der Waals surface area contributed by atoms with Crippen LogP contribution in [0.15, 0.2) is 60.4 Å². The number of rotatable bonds is 6. The summed E-state index contributed by atoms with van der Waals surface area (Å²) in [6.45, 7) is 3.58. The third kappa shape index (κ3) is 4.07. The number of hydrogen-bond donors (Lipinski definition) is 1. The molecule has 7 nitrogen and oxygen atoms in total. The van der Waals surface area contributed by atoms with Crippen LogP contribution in [0.3, 0.4) is 0 Å². The lowest BCUT2D eigenvalue weighted by molar-refractivity contribution is -0.133. The monoisotopic (exact) mass is 434 g/mol. The van der Waals surface area contributed by atoms with Crippen LogP contribution >= 0.6 is 11.3 Å². The number of nitrogens with one attached hydrogen (secondary N) is 1. The molecule has 5 rings (SSSR count). The summed E-state index contributed by atoms with van der Waals surface area (Å²) in [5.74, 6) is 1.27. The highest BCUT2D eigenvalue weighted by Crippen LogP contribution is 2.34. The number of anilines is 2. The van der Waals surface area contributed by atoms with Gasteiger partial charge in [0.25, 0.3) is 0 Å². The third-order valence-corrected chi connectivity index (χ3v) is 6.81. The fourth-order valence-electron chi connectivity index (χ4n) is 4.29. The van der Waals surface area contributed by atoms with Crippen LogP contribution in [0, 0.1) is 0 Å². The maximum atomic E-state index is 13.0. The van der Waals surface area contributed by atoms with Crippen LogP contribution in [-0.4, -0.2) is 43.1 Å². The maximum absolute atomic E-state index is 13.0. The number of hydrogen-bond acceptors (Lipinski definition) is 5. The number of thiazole rings is 1. The first-order valence-corrected chi connectivity index (χ1v) is 11.6. The Balaban J connectivity index is 1.33. The number of para-hydroxylation sites is 1.